The predicted octanol–water partition coefficient (Wildman–Crippen LogP) is 3.61. The number of rotatable bonds is 4. The Morgan fingerprint density at radius 3 is 2.54 bits per heavy atom. The molecule has 6 heteroatoms. The quantitative estimate of drug-likeness (QED) is 0.754. The van der Waals surface area contributed by atoms with Crippen LogP contribution in [0, 0.1) is 13.8 Å². The van der Waals surface area contributed by atoms with Gasteiger partial charge in [-0.1, -0.05) is 24.3 Å². The van der Waals surface area contributed by atoms with E-state index in [0.29, 0.717) is 24.5 Å². The lowest BCUT2D eigenvalue weighted by molar-refractivity contribution is 0.0521. The Kier molecular flexibility index (Phi) is 4.77. The predicted molar refractivity (Wildman–Crippen MR) is 107 cm³/mol. The van der Waals surface area contributed by atoms with Crippen LogP contribution >= 0.6 is 0 Å². The van der Waals surface area contributed by atoms with Gasteiger partial charge in [0.05, 0.1) is 12.2 Å². The van der Waals surface area contributed by atoms with Crippen LogP contribution in [0.2, 0.25) is 0 Å². The molecule has 1 aliphatic rings. The molecule has 1 atom stereocenters. The van der Waals surface area contributed by atoms with Crippen LogP contribution in [0.4, 0.5) is 0 Å². The molecule has 0 spiro atoms. The molecule has 2 aromatic carbocycles. The molecule has 1 N–H and O–H groups in total. The highest BCUT2D eigenvalue weighted by atomic mass is 16.6. The Morgan fingerprint density at radius 2 is 1.86 bits per heavy atom. The lowest BCUT2D eigenvalue weighted by Crippen LogP contribution is -2.41. The fraction of sp³-hybridized carbons (Fsp3) is 0.273. The van der Waals surface area contributed by atoms with E-state index in [9.17, 15) is 4.79 Å². The summed E-state index contributed by atoms with van der Waals surface area (Å²) in [6, 6.07) is 15.1. The van der Waals surface area contributed by atoms with E-state index < -0.39 is 0 Å². The van der Waals surface area contributed by atoms with Crippen molar-refractivity contribution < 1.29 is 14.3 Å². The van der Waals surface area contributed by atoms with Crippen LogP contribution in [0.5, 0.6) is 11.5 Å². The number of carbonyl (C=O) groups is 1. The summed E-state index contributed by atoms with van der Waals surface area (Å²) in [7, 11) is 1.78. The SMILES string of the molecule is Cc1nc(-c2ccc(C(=O)N(C)CC3COc4ccccc4O3)cc2)c(C)[nH]1. The van der Waals surface area contributed by atoms with Crippen molar-refractivity contribution in [2.75, 3.05) is 20.2 Å². The molecular weight excluding hydrogens is 354 g/mol. The molecule has 0 saturated carbocycles. The summed E-state index contributed by atoms with van der Waals surface area (Å²) in [6.45, 7) is 4.79. The molecule has 2 heterocycles. The van der Waals surface area contributed by atoms with Crippen molar-refractivity contribution in [3.63, 3.8) is 0 Å². The minimum Gasteiger partial charge on any atom is -0.486 e. The molecule has 0 radical (unpaired) electrons. The third-order valence-corrected chi connectivity index (χ3v) is 4.80. The monoisotopic (exact) mass is 377 g/mol. The first-order chi connectivity index (χ1) is 13.5. The fourth-order valence-corrected chi connectivity index (χ4v) is 3.42. The van der Waals surface area contributed by atoms with Crippen molar-refractivity contribution in [1.29, 1.82) is 0 Å². The average Bonchev–Trinajstić information content (AvgIpc) is 3.05. The molecular formula is C22H23N3O3. The maximum absolute atomic E-state index is 12.8. The number of likely N-dealkylation sites (N-methyl/N-ethyl adjacent to an activating group) is 1. The average molecular weight is 377 g/mol. The van der Waals surface area contributed by atoms with Gasteiger partial charge in [0.15, 0.2) is 17.6 Å². The summed E-state index contributed by atoms with van der Waals surface area (Å²) < 4.78 is 11.7. The van der Waals surface area contributed by atoms with Gasteiger partial charge >= 0.3 is 0 Å². The number of nitrogens with zero attached hydrogens (tertiary/aromatic N) is 2. The van der Waals surface area contributed by atoms with Gasteiger partial charge in [-0.05, 0) is 38.1 Å². The van der Waals surface area contributed by atoms with E-state index >= 15 is 0 Å². The number of benzene rings is 2. The lowest BCUT2D eigenvalue weighted by atomic mass is 10.1. The topological polar surface area (TPSA) is 67.5 Å². The van der Waals surface area contributed by atoms with Crippen LogP contribution in [0.3, 0.4) is 0 Å². The van der Waals surface area contributed by atoms with Crippen LogP contribution in [-0.4, -0.2) is 47.1 Å². The number of amides is 1. The Bertz CT molecular complexity index is 995. The lowest BCUT2D eigenvalue weighted by Gasteiger charge is -2.29. The highest BCUT2D eigenvalue weighted by Gasteiger charge is 2.24. The zero-order chi connectivity index (χ0) is 19.7. The fourth-order valence-electron chi connectivity index (χ4n) is 3.42. The van der Waals surface area contributed by atoms with Gasteiger partial charge in [-0.2, -0.15) is 0 Å². The molecule has 1 aromatic heterocycles. The molecule has 1 amide bonds. The van der Waals surface area contributed by atoms with Gasteiger partial charge in [-0.3, -0.25) is 4.79 Å². The summed E-state index contributed by atoms with van der Waals surface area (Å²) in [6.07, 6.45) is -0.196. The van der Waals surface area contributed by atoms with Crippen molar-refractivity contribution >= 4 is 5.91 Å². The molecule has 6 nitrogen and oxygen atoms in total. The smallest absolute Gasteiger partial charge is 0.253 e. The van der Waals surface area contributed by atoms with Gasteiger partial charge in [0.2, 0.25) is 0 Å². The summed E-state index contributed by atoms with van der Waals surface area (Å²) in [4.78, 5) is 22.2. The standard InChI is InChI=1S/C22H23N3O3/c1-14-21(24-15(2)23-14)16-8-10-17(11-9-16)22(26)25(3)12-18-13-27-19-6-4-5-7-20(19)28-18/h4-11,18H,12-13H2,1-3H3,(H,23,24). The van der Waals surface area contributed by atoms with Crippen molar-refractivity contribution in [2.45, 2.75) is 20.0 Å². The summed E-state index contributed by atoms with van der Waals surface area (Å²) in [5.41, 5.74) is 3.55. The highest BCUT2D eigenvalue weighted by molar-refractivity contribution is 5.94. The molecule has 4 rings (SSSR count). The first-order valence-corrected chi connectivity index (χ1v) is 9.29. The van der Waals surface area contributed by atoms with Crippen molar-refractivity contribution in [1.82, 2.24) is 14.9 Å². The van der Waals surface area contributed by atoms with Crippen LogP contribution in [0.25, 0.3) is 11.3 Å². The van der Waals surface area contributed by atoms with Crippen molar-refractivity contribution in [3.8, 4) is 22.8 Å². The number of aromatic nitrogens is 2. The van der Waals surface area contributed by atoms with Gasteiger partial charge in [-0.15, -0.1) is 0 Å². The van der Waals surface area contributed by atoms with E-state index in [1.807, 2.05) is 62.4 Å². The van der Waals surface area contributed by atoms with E-state index in [-0.39, 0.29) is 12.0 Å². The van der Waals surface area contributed by atoms with E-state index in [1.165, 1.54) is 0 Å². The number of hydrogen-bond acceptors (Lipinski definition) is 4. The number of ether oxygens (including phenoxy) is 2. The molecule has 0 bridgehead atoms. The van der Waals surface area contributed by atoms with Crippen LogP contribution in [0.1, 0.15) is 21.9 Å². The molecule has 0 fully saturated rings. The number of nitrogens with one attached hydrogen (secondary N) is 1. The number of imidazole rings is 1. The first-order valence-electron chi connectivity index (χ1n) is 9.29. The van der Waals surface area contributed by atoms with E-state index in [4.69, 9.17) is 9.47 Å². The number of aryl methyl sites for hydroxylation is 2. The van der Waals surface area contributed by atoms with E-state index in [0.717, 1.165) is 28.5 Å². The van der Waals surface area contributed by atoms with Crippen LogP contribution in [0.15, 0.2) is 48.5 Å². The number of para-hydroxylation sites is 2. The summed E-state index contributed by atoms with van der Waals surface area (Å²) in [5.74, 6) is 2.29. The second kappa shape index (κ2) is 7.38. The summed E-state index contributed by atoms with van der Waals surface area (Å²) >= 11 is 0. The Labute approximate surface area is 164 Å². The highest BCUT2D eigenvalue weighted by Crippen LogP contribution is 2.31. The first kappa shape index (κ1) is 18.1. The van der Waals surface area contributed by atoms with Gasteiger partial charge in [-0.25, -0.2) is 4.98 Å². The van der Waals surface area contributed by atoms with Crippen molar-refractivity contribution in [2.24, 2.45) is 0 Å². The van der Waals surface area contributed by atoms with Gasteiger partial charge in [0.25, 0.3) is 5.91 Å². The molecule has 3 aromatic rings. The zero-order valence-corrected chi connectivity index (χ0v) is 16.2. The number of fused-ring (bicyclic) bond motifs is 1. The molecule has 0 aliphatic carbocycles. The zero-order valence-electron chi connectivity index (χ0n) is 16.2. The van der Waals surface area contributed by atoms with Crippen LogP contribution < -0.4 is 9.47 Å². The molecule has 144 valence electrons. The Hall–Kier alpha value is -3.28. The normalized spacial score (nSPS) is 15.3. The Balaban J connectivity index is 1.42. The van der Waals surface area contributed by atoms with Crippen molar-refractivity contribution in [3.05, 3.63) is 65.6 Å². The minimum absolute atomic E-state index is 0.0519. The second-order valence-corrected chi connectivity index (χ2v) is 7.06. The summed E-state index contributed by atoms with van der Waals surface area (Å²) in [5, 5.41) is 0. The molecule has 0 saturated heterocycles. The van der Waals surface area contributed by atoms with Gasteiger partial charge < -0.3 is 19.4 Å². The maximum atomic E-state index is 12.8. The number of aromatic amines is 1. The van der Waals surface area contributed by atoms with Crippen LogP contribution in [-0.2, 0) is 0 Å². The molecule has 1 aliphatic heterocycles. The third kappa shape index (κ3) is 3.58. The number of carbonyl (C=O) groups excluding carboxylic acids is 1. The Morgan fingerprint density at radius 1 is 1.14 bits per heavy atom. The number of H-pyrrole nitrogens is 1. The maximum Gasteiger partial charge on any atom is 0.253 e. The van der Waals surface area contributed by atoms with E-state index in [1.54, 1.807) is 11.9 Å². The number of hydrogen-bond donors (Lipinski definition) is 1. The van der Waals surface area contributed by atoms with E-state index in [2.05, 4.69) is 9.97 Å². The molecule has 28 heavy (non-hydrogen) atoms. The minimum atomic E-state index is -0.196. The third-order valence-electron chi connectivity index (χ3n) is 4.80. The van der Waals surface area contributed by atoms with Gasteiger partial charge in [0, 0.05) is 23.9 Å². The van der Waals surface area contributed by atoms with Gasteiger partial charge in [0.1, 0.15) is 12.4 Å². The second-order valence-electron chi connectivity index (χ2n) is 7.06. The molecule has 1 unspecified atom stereocenters. The largest absolute Gasteiger partial charge is 0.486 e.